The van der Waals surface area contributed by atoms with Gasteiger partial charge in [-0.2, -0.15) is 0 Å². The van der Waals surface area contributed by atoms with E-state index in [9.17, 15) is 0 Å². The molecule has 5 heteroatoms. The van der Waals surface area contributed by atoms with Crippen molar-refractivity contribution in [3.63, 3.8) is 0 Å². The third-order valence-electron chi connectivity index (χ3n) is 7.16. The van der Waals surface area contributed by atoms with Gasteiger partial charge in [-0.25, -0.2) is 0 Å². The number of pyridine rings is 1. The molecule has 36 heavy (non-hydrogen) atoms. The number of fused-ring (bicyclic) bond motifs is 2. The van der Waals surface area contributed by atoms with Gasteiger partial charge >= 0.3 is 0 Å². The summed E-state index contributed by atoms with van der Waals surface area (Å²) in [5.74, 6) is 3.65. The second kappa shape index (κ2) is 13.0. The van der Waals surface area contributed by atoms with E-state index in [1.807, 2.05) is 12.1 Å². The van der Waals surface area contributed by atoms with Gasteiger partial charge in [-0.3, -0.25) is 9.88 Å². The zero-order chi connectivity index (χ0) is 25.3. The van der Waals surface area contributed by atoms with E-state index in [0.29, 0.717) is 12.6 Å². The lowest BCUT2D eigenvalue weighted by molar-refractivity contribution is 0.286. The van der Waals surface area contributed by atoms with E-state index >= 15 is 0 Å². The number of aryl methyl sites for hydroxylation is 1. The number of rotatable bonds is 12. The lowest BCUT2D eigenvalue weighted by Gasteiger charge is -2.22. The van der Waals surface area contributed by atoms with Gasteiger partial charge in [0.05, 0.1) is 18.7 Å². The van der Waals surface area contributed by atoms with E-state index < -0.39 is 0 Å². The molecule has 0 saturated carbocycles. The smallest absolute Gasteiger partial charge is 0.119 e. The number of nitrogens with zero attached hydrogens (tertiary/aromatic N) is 2. The Morgan fingerprint density at radius 2 is 1.92 bits per heavy atom. The average molecular weight is 504 g/mol. The molecule has 2 aromatic carbocycles. The first-order chi connectivity index (χ1) is 17.5. The summed E-state index contributed by atoms with van der Waals surface area (Å²) in [6, 6.07) is 14.9. The van der Waals surface area contributed by atoms with Crippen LogP contribution in [0.2, 0.25) is 5.02 Å². The normalized spacial score (nSPS) is 13.9. The number of anilines is 1. The summed E-state index contributed by atoms with van der Waals surface area (Å²) >= 11 is 6.24. The minimum Gasteiger partial charge on any atom is -0.494 e. The maximum Gasteiger partial charge on any atom is 0.119 e. The van der Waals surface area contributed by atoms with Gasteiger partial charge in [0.1, 0.15) is 5.75 Å². The summed E-state index contributed by atoms with van der Waals surface area (Å²) in [5.41, 5.74) is 6.21. The van der Waals surface area contributed by atoms with Crippen molar-refractivity contribution in [2.45, 2.75) is 64.3 Å². The van der Waals surface area contributed by atoms with Crippen LogP contribution in [-0.4, -0.2) is 42.7 Å². The highest BCUT2D eigenvalue weighted by molar-refractivity contribution is 6.31. The van der Waals surface area contributed by atoms with Gasteiger partial charge in [0, 0.05) is 34.4 Å². The molecule has 0 saturated heterocycles. The summed E-state index contributed by atoms with van der Waals surface area (Å²) in [5, 5.41) is 5.67. The number of halogens is 1. The summed E-state index contributed by atoms with van der Waals surface area (Å²) < 4.78 is 5.98. The van der Waals surface area contributed by atoms with E-state index in [0.717, 1.165) is 68.0 Å². The van der Waals surface area contributed by atoms with Gasteiger partial charge in [0.2, 0.25) is 0 Å². The SMILES string of the molecule is C#CCN(C)[C@H](C)Cc1ccc(OCCCCCNc2c3c(nc4cc(Cl)ccc24)CCCC3)cc1. The fraction of sp³-hybridized carbons (Fsp3) is 0.452. The van der Waals surface area contributed by atoms with Crippen LogP contribution in [0.4, 0.5) is 5.69 Å². The first-order valence-electron chi connectivity index (χ1n) is 13.3. The Hall–Kier alpha value is -2.74. The van der Waals surface area contributed by atoms with Crippen molar-refractivity contribution in [3.8, 4) is 18.1 Å². The van der Waals surface area contributed by atoms with Crippen molar-refractivity contribution >= 4 is 28.2 Å². The molecule has 4 rings (SSSR count). The van der Waals surface area contributed by atoms with Crippen LogP contribution in [-0.2, 0) is 19.3 Å². The molecule has 0 bridgehead atoms. The number of hydrogen-bond acceptors (Lipinski definition) is 4. The summed E-state index contributed by atoms with van der Waals surface area (Å²) in [6.07, 6.45) is 14.3. The Morgan fingerprint density at radius 1 is 1.11 bits per heavy atom. The Labute approximate surface area is 221 Å². The lowest BCUT2D eigenvalue weighted by Crippen LogP contribution is -2.31. The number of nitrogens with one attached hydrogen (secondary N) is 1. The van der Waals surface area contributed by atoms with E-state index in [-0.39, 0.29) is 0 Å². The van der Waals surface area contributed by atoms with Crippen molar-refractivity contribution in [2.24, 2.45) is 0 Å². The molecule has 1 N–H and O–H groups in total. The molecule has 0 aliphatic heterocycles. The average Bonchev–Trinajstić information content (AvgIpc) is 2.88. The minimum absolute atomic E-state index is 0.412. The van der Waals surface area contributed by atoms with Gasteiger partial charge in [0.15, 0.2) is 0 Å². The van der Waals surface area contributed by atoms with Crippen molar-refractivity contribution < 1.29 is 4.74 Å². The molecule has 0 radical (unpaired) electrons. The molecule has 4 nitrogen and oxygen atoms in total. The Balaban J connectivity index is 1.21. The third-order valence-corrected chi connectivity index (χ3v) is 7.40. The summed E-state index contributed by atoms with van der Waals surface area (Å²) in [6.45, 7) is 4.58. The fourth-order valence-corrected chi connectivity index (χ4v) is 5.09. The Kier molecular flexibility index (Phi) is 9.50. The van der Waals surface area contributed by atoms with Crippen LogP contribution in [0.15, 0.2) is 42.5 Å². The maximum atomic E-state index is 6.24. The van der Waals surface area contributed by atoms with E-state index in [1.165, 1.54) is 40.7 Å². The molecule has 0 spiro atoms. The van der Waals surface area contributed by atoms with Crippen LogP contribution >= 0.6 is 11.6 Å². The van der Waals surface area contributed by atoms with Crippen LogP contribution in [0.1, 0.15) is 55.8 Å². The number of likely N-dealkylation sites (N-methyl/N-ethyl adjacent to an activating group) is 1. The van der Waals surface area contributed by atoms with Gasteiger partial charge < -0.3 is 10.1 Å². The zero-order valence-electron chi connectivity index (χ0n) is 21.7. The monoisotopic (exact) mass is 503 g/mol. The number of hydrogen-bond donors (Lipinski definition) is 1. The van der Waals surface area contributed by atoms with Crippen molar-refractivity contribution in [1.29, 1.82) is 0 Å². The molecule has 1 aromatic heterocycles. The predicted molar refractivity (Wildman–Crippen MR) is 152 cm³/mol. The van der Waals surface area contributed by atoms with Gasteiger partial charge in [-0.1, -0.05) is 29.7 Å². The van der Waals surface area contributed by atoms with Crippen LogP contribution in [0.3, 0.4) is 0 Å². The predicted octanol–water partition coefficient (Wildman–Crippen LogP) is 6.92. The summed E-state index contributed by atoms with van der Waals surface area (Å²) in [7, 11) is 2.07. The minimum atomic E-state index is 0.412. The molecule has 1 heterocycles. The number of ether oxygens (including phenoxy) is 1. The quantitative estimate of drug-likeness (QED) is 0.215. The molecule has 0 fully saturated rings. The van der Waals surface area contributed by atoms with Crippen molar-refractivity contribution in [2.75, 3.05) is 32.1 Å². The molecule has 1 atom stereocenters. The first-order valence-corrected chi connectivity index (χ1v) is 13.6. The van der Waals surface area contributed by atoms with Gasteiger partial charge in [-0.15, -0.1) is 6.42 Å². The Morgan fingerprint density at radius 3 is 2.72 bits per heavy atom. The fourth-order valence-electron chi connectivity index (χ4n) is 4.93. The molecule has 3 aromatic rings. The second-order valence-corrected chi connectivity index (χ2v) is 10.4. The first kappa shape index (κ1) is 26.3. The lowest BCUT2D eigenvalue weighted by atomic mass is 9.92. The van der Waals surface area contributed by atoms with Crippen LogP contribution in [0, 0.1) is 12.3 Å². The molecule has 0 amide bonds. The standard InChI is InChI=1S/C31H38ClN3O/c1-4-19-35(3)23(2)21-24-12-15-26(16-13-24)36-20-9-5-8-18-33-31-27-10-6-7-11-29(27)34-30-22-25(32)14-17-28(30)31/h1,12-17,22-23H,5-11,18-21H2,2-3H3,(H,33,34)/t23-/m1/s1. The molecule has 1 aliphatic carbocycles. The van der Waals surface area contributed by atoms with Crippen molar-refractivity contribution in [3.05, 3.63) is 64.3 Å². The Bertz CT molecular complexity index is 1190. The zero-order valence-corrected chi connectivity index (χ0v) is 22.4. The van der Waals surface area contributed by atoms with Crippen LogP contribution < -0.4 is 10.1 Å². The number of benzene rings is 2. The molecule has 190 valence electrons. The molecule has 0 unspecified atom stereocenters. The summed E-state index contributed by atoms with van der Waals surface area (Å²) in [4.78, 5) is 7.11. The van der Waals surface area contributed by atoms with E-state index in [4.69, 9.17) is 27.7 Å². The van der Waals surface area contributed by atoms with Gasteiger partial charge in [0.25, 0.3) is 0 Å². The third kappa shape index (κ3) is 6.93. The molecular formula is C31H38ClN3O. The van der Waals surface area contributed by atoms with E-state index in [1.54, 1.807) is 0 Å². The number of terminal acetylenes is 1. The highest BCUT2D eigenvalue weighted by atomic mass is 35.5. The van der Waals surface area contributed by atoms with Crippen molar-refractivity contribution in [1.82, 2.24) is 9.88 Å². The maximum absolute atomic E-state index is 6.24. The van der Waals surface area contributed by atoms with Crippen LogP contribution in [0.5, 0.6) is 5.75 Å². The highest BCUT2D eigenvalue weighted by Gasteiger charge is 2.18. The van der Waals surface area contributed by atoms with Crippen LogP contribution in [0.25, 0.3) is 10.9 Å². The topological polar surface area (TPSA) is 37.4 Å². The molecule has 1 aliphatic rings. The largest absolute Gasteiger partial charge is 0.494 e. The van der Waals surface area contributed by atoms with Gasteiger partial charge in [-0.05, 0) is 107 Å². The van der Waals surface area contributed by atoms with E-state index in [2.05, 4.69) is 60.4 Å². The second-order valence-electron chi connectivity index (χ2n) is 9.93. The number of aromatic nitrogens is 1. The number of unbranched alkanes of at least 4 members (excludes halogenated alkanes) is 2. The highest BCUT2D eigenvalue weighted by Crippen LogP contribution is 2.34. The molecular weight excluding hydrogens is 466 g/mol.